The maximum Gasteiger partial charge on any atom is 0.194 e. The summed E-state index contributed by atoms with van der Waals surface area (Å²) in [7, 11) is 3.96. The van der Waals surface area contributed by atoms with Gasteiger partial charge < -0.3 is 15.0 Å². The van der Waals surface area contributed by atoms with E-state index in [-0.39, 0.29) is 24.0 Å². The molecule has 27 heavy (non-hydrogen) atoms. The minimum Gasteiger partial charge on any atom is -0.384 e. The summed E-state index contributed by atoms with van der Waals surface area (Å²) in [4.78, 5) is 9.68. The average molecular weight is 488 g/mol. The Morgan fingerprint density at radius 2 is 2.04 bits per heavy atom. The molecule has 0 amide bonds. The summed E-state index contributed by atoms with van der Waals surface area (Å²) in [5, 5.41) is 3.46. The van der Waals surface area contributed by atoms with Gasteiger partial charge in [-0.2, -0.15) is 0 Å². The Balaban J connectivity index is 0.00000364. The molecule has 1 aliphatic heterocycles. The van der Waals surface area contributed by atoms with Crippen molar-refractivity contribution in [3.05, 3.63) is 35.4 Å². The lowest BCUT2D eigenvalue weighted by atomic mass is 10.1. The third-order valence-electron chi connectivity index (χ3n) is 5.14. The molecule has 5 nitrogen and oxygen atoms in total. The predicted molar refractivity (Wildman–Crippen MR) is 125 cm³/mol. The molecule has 0 bridgehead atoms. The first-order chi connectivity index (χ1) is 12.5. The first-order valence-corrected chi connectivity index (χ1v) is 9.84. The van der Waals surface area contributed by atoms with Gasteiger partial charge in [-0.25, -0.2) is 4.99 Å². The van der Waals surface area contributed by atoms with Gasteiger partial charge in [0.25, 0.3) is 0 Å². The van der Waals surface area contributed by atoms with Crippen molar-refractivity contribution in [1.82, 2.24) is 15.1 Å². The van der Waals surface area contributed by atoms with Crippen molar-refractivity contribution >= 4 is 29.9 Å². The van der Waals surface area contributed by atoms with Gasteiger partial charge in [0.2, 0.25) is 0 Å². The zero-order valence-corrected chi connectivity index (χ0v) is 19.9. The van der Waals surface area contributed by atoms with E-state index < -0.39 is 0 Å². The Morgan fingerprint density at radius 3 is 2.67 bits per heavy atom. The summed E-state index contributed by atoms with van der Waals surface area (Å²) in [5.74, 6) is 1.63. The van der Waals surface area contributed by atoms with Crippen LogP contribution in [0.4, 0.5) is 0 Å². The monoisotopic (exact) mass is 488 g/mol. The number of rotatable bonds is 8. The van der Waals surface area contributed by atoms with Crippen LogP contribution in [0.25, 0.3) is 0 Å². The number of hydrogen-bond acceptors (Lipinski definition) is 3. The molecule has 0 spiro atoms. The highest BCUT2D eigenvalue weighted by atomic mass is 127. The average Bonchev–Trinajstić information content (AvgIpc) is 3.08. The highest BCUT2D eigenvalue weighted by molar-refractivity contribution is 14.0. The lowest BCUT2D eigenvalue weighted by molar-refractivity contribution is 0.157. The number of guanidine groups is 1. The molecular formula is C21H37IN4O. The smallest absolute Gasteiger partial charge is 0.194 e. The van der Waals surface area contributed by atoms with Gasteiger partial charge in [-0.15, -0.1) is 24.0 Å². The SMILES string of the molecule is CCNC(=NCc1ccccc1CN(C)C(C)C)N1CCC(COC)C1.I. The molecule has 1 N–H and O–H groups in total. The number of halogens is 1. The maximum absolute atomic E-state index is 5.32. The topological polar surface area (TPSA) is 40.1 Å². The standard InChI is InChI=1S/C21H36N4O.HI/c1-6-22-21(25-12-11-18(14-25)16-26-5)23-13-19-9-7-8-10-20(19)15-24(4)17(2)3;/h7-10,17-18H,6,11-16H2,1-5H3,(H,22,23);1H. The highest BCUT2D eigenvalue weighted by Gasteiger charge is 2.24. The van der Waals surface area contributed by atoms with Crippen LogP contribution in [-0.4, -0.2) is 62.2 Å². The van der Waals surface area contributed by atoms with Crippen LogP contribution in [0.1, 0.15) is 38.3 Å². The highest BCUT2D eigenvalue weighted by Crippen LogP contribution is 2.18. The summed E-state index contributed by atoms with van der Waals surface area (Å²) in [6, 6.07) is 9.19. The fourth-order valence-corrected chi connectivity index (χ4v) is 3.30. The zero-order valence-electron chi connectivity index (χ0n) is 17.6. The summed E-state index contributed by atoms with van der Waals surface area (Å²) < 4.78 is 5.32. The number of nitrogens with one attached hydrogen (secondary N) is 1. The molecule has 1 unspecified atom stereocenters. The molecular weight excluding hydrogens is 451 g/mol. The summed E-state index contributed by atoms with van der Waals surface area (Å²) in [6.07, 6.45) is 1.17. The van der Waals surface area contributed by atoms with Gasteiger partial charge in [-0.3, -0.25) is 4.90 Å². The molecule has 2 rings (SSSR count). The number of aliphatic imine (C=N–C) groups is 1. The van der Waals surface area contributed by atoms with Crippen LogP contribution in [0.2, 0.25) is 0 Å². The maximum atomic E-state index is 5.32. The Labute approximate surface area is 182 Å². The van der Waals surface area contributed by atoms with Crippen LogP contribution in [0.15, 0.2) is 29.3 Å². The van der Waals surface area contributed by atoms with Gasteiger partial charge in [-0.1, -0.05) is 24.3 Å². The Bertz CT molecular complexity index is 579. The normalized spacial score (nSPS) is 17.5. The second-order valence-electron chi connectivity index (χ2n) is 7.50. The van der Waals surface area contributed by atoms with E-state index in [4.69, 9.17) is 9.73 Å². The molecule has 1 saturated heterocycles. The third-order valence-corrected chi connectivity index (χ3v) is 5.14. The molecule has 1 aromatic rings. The van der Waals surface area contributed by atoms with Gasteiger partial charge >= 0.3 is 0 Å². The fraction of sp³-hybridized carbons (Fsp3) is 0.667. The van der Waals surface area contributed by atoms with E-state index in [9.17, 15) is 0 Å². The Morgan fingerprint density at radius 1 is 1.33 bits per heavy atom. The van der Waals surface area contributed by atoms with E-state index in [0.29, 0.717) is 12.0 Å². The predicted octanol–water partition coefficient (Wildman–Crippen LogP) is 3.58. The summed E-state index contributed by atoms with van der Waals surface area (Å²) in [6.45, 7) is 12.1. The minimum absolute atomic E-state index is 0. The van der Waals surface area contributed by atoms with Crippen LogP contribution in [0.3, 0.4) is 0 Å². The molecule has 0 radical (unpaired) electrons. The summed E-state index contributed by atoms with van der Waals surface area (Å²) >= 11 is 0. The van der Waals surface area contributed by atoms with E-state index >= 15 is 0 Å². The van der Waals surface area contributed by atoms with Gasteiger partial charge in [0, 0.05) is 45.2 Å². The number of likely N-dealkylation sites (tertiary alicyclic amines) is 1. The second kappa shape index (κ2) is 12.6. The second-order valence-corrected chi connectivity index (χ2v) is 7.50. The van der Waals surface area contributed by atoms with Gasteiger partial charge in [-0.05, 0) is 45.4 Å². The number of nitrogens with zero attached hydrogens (tertiary/aromatic N) is 3. The van der Waals surface area contributed by atoms with Gasteiger partial charge in [0.05, 0.1) is 13.2 Å². The molecule has 0 saturated carbocycles. The van der Waals surface area contributed by atoms with Crippen molar-refractivity contribution in [2.75, 3.05) is 40.4 Å². The molecule has 6 heteroatoms. The van der Waals surface area contributed by atoms with Crippen LogP contribution in [0, 0.1) is 5.92 Å². The number of benzene rings is 1. The van der Waals surface area contributed by atoms with Crippen LogP contribution >= 0.6 is 24.0 Å². The number of ether oxygens (including phenoxy) is 1. The molecule has 1 aromatic carbocycles. The lowest BCUT2D eigenvalue weighted by Gasteiger charge is -2.23. The largest absolute Gasteiger partial charge is 0.384 e. The Kier molecular flexibility index (Phi) is 11.3. The quantitative estimate of drug-likeness (QED) is 0.345. The first-order valence-electron chi connectivity index (χ1n) is 9.84. The molecule has 0 aromatic heterocycles. The van der Waals surface area contributed by atoms with Crippen molar-refractivity contribution in [2.45, 2.75) is 46.3 Å². The molecule has 0 aliphatic carbocycles. The van der Waals surface area contributed by atoms with Crippen LogP contribution in [0.5, 0.6) is 0 Å². The number of methoxy groups -OCH3 is 1. The third kappa shape index (κ3) is 7.58. The molecule has 1 heterocycles. The fourth-order valence-electron chi connectivity index (χ4n) is 3.30. The van der Waals surface area contributed by atoms with Crippen molar-refractivity contribution in [3.63, 3.8) is 0 Å². The van der Waals surface area contributed by atoms with Crippen LogP contribution < -0.4 is 5.32 Å². The Hall–Kier alpha value is -0.860. The number of hydrogen-bond donors (Lipinski definition) is 1. The molecule has 1 aliphatic rings. The van der Waals surface area contributed by atoms with Crippen molar-refractivity contribution in [3.8, 4) is 0 Å². The first kappa shape index (κ1) is 24.2. The minimum atomic E-state index is 0. The van der Waals surface area contributed by atoms with Crippen molar-refractivity contribution in [2.24, 2.45) is 10.9 Å². The van der Waals surface area contributed by atoms with E-state index in [2.05, 4.69) is 67.2 Å². The molecule has 1 atom stereocenters. The lowest BCUT2D eigenvalue weighted by Crippen LogP contribution is -2.40. The summed E-state index contributed by atoms with van der Waals surface area (Å²) in [5.41, 5.74) is 2.67. The van der Waals surface area contributed by atoms with Crippen LogP contribution in [-0.2, 0) is 17.8 Å². The van der Waals surface area contributed by atoms with Gasteiger partial charge in [0.15, 0.2) is 5.96 Å². The van der Waals surface area contributed by atoms with E-state index in [0.717, 1.165) is 45.3 Å². The molecule has 154 valence electrons. The molecule has 1 fully saturated rings. The van der Waals surface area contributed by atoms with E-state index in [1.54, 1.807) is 7.11 Å². The van der Waals surface area contributed by atoms with E-state index in [1.807, 2.05) is 0 Å². The van der Waals surface area contributed by atoms with Gasteiger partial charge in [0.1, 0.15) is 0 Å². The van der Waals surface area contributed by atoms with E-state index in [1.165, 1.54) is 17.5 Å². The van der Waals surface area contributed by atoms with Crippen molar-refractivity contribution in [1.29, 1.82) is 0 Å². The zero-order chi connectivity index (χ0) is 18.9. The van der Waals surface area contributed by atoms with Crippen molar-refractivity contribution < 1.29 is 4.74 Å².